The fourth-order valence-corrected chi connectivity index (χ4v) is 4.79. The number of hydrogen-bond donors (Lipinski definition) is 1. The lowest BCUT2D eigenvalue weighted by atomic mass is 9.97. The summed E-state index contributed by atoms with van der Waals surface area (Å²) >= 11 is 6.42. The summed E-state index contributed by atoms with van der Waals surface area (Å²) in [6, 6.07) is 12.2. The molecular formula is C23H24ClN3O4S. The Hall–Kier alpha value is -2.86. The van der Waals surface area contributed by atoms with Crippen molar-refractivity contribution >= 4 is 39.1 Å². The number of amides is 2. The average Bonchev–Trinajstić information content (AvgIpc) is 2.72. The molecule has 7 nitrogen and oxygen atoms in total. The summed E-state index contributed by atoms with van der Waals surface area (Å²) in [5.74, 6) is 4.63. The van der Waals surface area contributed by atoms with Gasteiger partial charge in [0.1, 0.15) is 0 Å². The maximum absolute atomic E-state index is 12.6. The van der Waals surface area contributed by atoms with Gasteiger partial charge in [0.25, 0.3) is 5.91 Å². The van der Waals surface area contributed by atoms with Crippen LogP contribution in [-0.2, 0) is 19.6 Å². The van der Waals surface area contributed by atoms with E-state index in [1.165, 1.54) is 11.2 Å². The van der Waals surface area contributed by atoms with Crippen LogP contribution in [-0.4, -0.2) is 55.3 Å². The van der Waals surface area contributed by atoms with Crippen molar-refractivity contribution < 1.29 is 18.0 Å². The molecule has 1 fully saturated rings. The molecule has 1 heterocycles. The van der Waals surface area contributed by atoms with E-state index in [-0.39, 0.29) is 31.4 Å². The molecule has 1 aliphatic rings. The maximum Gasteiger partial charge on any atom is 0.299 e. The molecule has 1 saturated heterocycles. The third-order valence-electron chi connectivity index (χ3n) is 5.13. The van der Waals surface area contributed by atoms with Crippen molar-refractivity contribution in [1.82, 2.24) is 9.21 Å². The van der Waals surface area contributed by atoms with Gasteiger partial charge in [-0.25, -0.2) is 8.42 Å². The van der Waals surface area contributed by atoms with Crippen LogP contribution in [0, 0.1) is 11.8 Å². The molecule has 3 rings (SSSR count). The van der Waals surface area contributed by atoms with Gasteiger partial charge in [0.05, 0.1) is 12.3 Å². The first kappa shape index (κ1) is 23.8. The Balaban J connectivity index is 2.05. The van der Waals surface area contributed by atoms with Crippen molar-refractivity contribution in [2.24, 2.45) is 0 Å². The smallest absolute Gasteiger partial charge is 0.299 e. The van der Waals surface area contributed by atoms with E-state index in [2.05, 4.69) is 17.2 Å². The zero-order chi connectivity index (χ0) is 23.5. The van der Waals surface area contributed by atoms with Crippen LogP contribution in [0.5, 0.6) is 0 Å². The Morgan fingerprint density at radius 1 is 1.12 bits per heavy atom. The van der Waals surface area contributed by atoms with E-state index < -0.39 is 16.1 Å². The molecule has 0 bridgehead atoms. The first-order valence-corrected chi connectivity index (χ1v) is 12.2. The predicted octanol–water partition coefficient (Wildman–Crippen LogP) is 3.13. The summed E-state index contributed by atoms with van der Waals surface area (Å²) in [7, 11) is -3.43. The van der Waals surface area contributed by atoms with Gasteiger partial charge in [0.2, 0.25) is 15.9 Å². The molecule has 168 valence electrons. The number of anilines is 1. The molecule has 0 radical (unpaired) electrons. The number of nitrogens with zero attached hydrogens (tertiary/aromatic N) is 2. The summed E-state index contributed by atoms with van der Waals surface area (Å²) in [4.78, 5) is 25.6. The van der Waals surface area contributed by atoms with Gasteiger partial charge in [-0.1, -0.05) is 29.7 Å². The number of carbonyl (C=O) groups is 2. The van der Waals surface area contributed by atoms with Crippen molar-refractivity contribution in [1.29, 1.82) is 0 Å². The zero-order valence-electron chi connectivity index (χ0n) is 18.1. The lowest BCUT2D eigenvalue weighted by molar-refractivity contribution is -0.129. The maximum atomic E-state index is 12.6. The van der Waals surface area contributed by atoms with E-state index in [4.69, 9.17) is 11.6 Å². The normalized spacial score (nSPS) is 16.8. The predicted molar refractivity (Wildman–Crippen MR) is 126 cm³/mol. The summed E-state index contributed by atoms with van der Waals surface area (Å²) in [6.07, 6.45) is 1.16. The second kappa shape index (κ2) is 9.74. The van der Waals surface area contributed by atoms with E-state index in [1.807, 2.05) is 24.3 Å². The lowest BCUT2D eigenvalue weighted by Gasteiger charge is -2.40. The quantitative estimate of drug-likeness (QED) is 0.691. The molecule has 9 heteroatoms. The SMILES string of the molecule is CC#CC(=O)N1CCN(S(C)(=O)=O)C[C@H]1c1cc(Cl)cc(-c2cccc(NC(C)=O)c2)c1. The van der Waals surface area contributed by atoms with Crippen molar-refractivity contribution in [3.8, 4) is 23.0 Å². The van der Waals surface area contributed by atoms with Crippen LogP contribution in [0.4, 0.5) is 5.69 Å². The highest BCUT2D eigenvalue weighted by Crippen LogP contribution is 2.33. The first-order valence-electron chi connectivity index (χ1n) is 9.95. The lowest BCUT2D eigenvalue weighted by Crippen LogP contribution is -2.51. The number of halogens is 1. The minimum Gasteiger partial charge on any atom is -0.326 e. The van der Waals surface area contributed by atoms with Gasteiger partial charge in [-0.05, 0) is 59.9 Å². The van der Waals surface area contributed by atoms with Crippen molar-refractivity contribution in [3.63, 3.8) is 0 Å². The summed E-state index contributed by atoms with van der Waals surface area (Å²) in [5.41, 5.74) is 2.96. The van der Waals surface area contributed by atoms with E-state index in [1.54, 1.807) is 30.0 Å². The molecule has 2 amide bonds. The molecule has 0 aliphatic carbocycles. The Bertz CT molecular complexity index is 1220. The number of carbonyl (C=O) groups excluding carboxylic acids is 2. The number of sulfonamides is 1. The fraction of sp³-hybridized carbons (Fsp3) is 0.304. The number of nitrogens with one attached hydrogen (secondary N) is 1. The van der Waals surface area contributed by atoms with E-state index in [9.17, 15) is 18.0 Å². The van der Waals surface area contributed by atoms with E-state index >= 15 is 0 Å². The van der Waals surface area contributed by atoms with Gasteiger partial charge in [-0.15, -0.1) is 0 Å². The number of hydrogen-bond acceptors (Lipinski definition) is 4. The van der Waals surface area contributed by atoms with Gasteiger partial charge >= 0.3 is 0 Å². The number of piperazine rings is 1. The van der Waals surface area contributed by atoms with Crippen molar-refractivity contribution in [3.05, 3.63) is 53.1 Å². The molecular weight excluding hydrogens is 450 g/mol. The van der Waals surface area contributed by atoms with Gasteiger partial charge < -0.3 is 10.2 Å². The summed E-state index contributed by atoms with van der Waals surface area (Å²) < 4.78 is 25.7. The van der Waals surface area contributed by atoms with E-state index in [0.29, 0.717) is 16.3 Å². The molecule has 32 heavy (non-hydrogen) atoms. The Kier molecular flexibility index (Phi) is 7.24. The minimum atomic E-state index is -3.43. The average molecular weight is 474 g/mol. The molecule has 2 aromatic carbocycles. The molecule has 1 aliphatic heterocycles. The van der Waals surface area contributed by atoms with Crippen LogP contribution in [0.15, 0.2) is 42.5 Å². The highest BCUT2D eigenvalue weighted by Gasteiger charge is 2.34. The van der Waals surface area contributed by atoms with Crippen LogP contribution in [0.1, 0.15) is 25.5 Å². The number of benzene rings is 2. The van der Waals surface area contributed by atoms with Crippen molar-refractivity contribution in [2.45, 2.75) is 19.9 Å². The minimum absolute atomic E-state index is 0.113. The van der Waals surface area contributed by atoms with Gasteiger partial charge in [0, 0.05) is 37.3 Å². The number of rotatable bonds is 4. The second-order valence-corrected chi connectivity index (χ2v) is 9.96. The third-order valence-corrected chi connectivity index (χ3v) is 6.61. The van der Waals surface area contributed by atoms with Crippen LogP contribution in [0.3, 0.4) is 0 Å². The molecule has 1 atom stereocenters. The largest absolute Gasteiger partial charge is 0.326 e. The Morgan fingerprint density at radius 2 is 1.88 bits per heavy atom. The third kappa shape index (κ3) is 5.68. The molecule has 0 spiro atoms. The monoisotopic (exact) mass is 473 g/mol. The topological polar surface area (TPSA) is 86.8 Å². The van der Waals surface area contributed by atoms with Crippen LogP contribution >= 0.6 is 11.6 Å². The highest BCUT2D eigenvalue weighted by molar-refractivity contribution is 7.88. The molecule has 0 aromatic heterocycles. The van der Waals surface area contributed by atoms with Gasteiger partial charge in [-0.2, -0.15) is 4.31 Å². The van der Waals surface area contributed by atoms with Crippen LogP contribution in [0.2, 0.25) is 5.02 Å². The second-order valence-electron chi connectivity index (χ2n) is 7.55. The molecule has 1 N–H and O–H groups in total. The summed E-state index contributed by atoms with van der Waals surface area (Å²) in [6.45, 7) is 3.57. The van der Waals surface area contributed by atoms with Crippen LogP contribution in [0.25, 0.3) is 11.1 Å². The highest BCUT2D eigenvalue weighted by atomic mass is 35.5. The van der Waals surface area contributed by atoms with Crippen molar-refractivity contribution in [2.75, 3.05) is 31.2 Å². The zero-order valence-corrected chi connectivity index (χ0v) is 19.6. The first-order chi connectivity index (χ1) is 15.1. The standard InChI is InChI=1S/C23H24ClN3O4S/c1-4-6-23(29)27-10-9-26(32(3,30)31)15-22(27)19-11-18(12-20(24)13-19)17-7-5-8-21(14-17)25-16(2)28/h5,7-8,11-14,22H,9-10,15H2,1-3H3,(H,25,28)/t22-/m0/s1. The molecule has 2 aromatic rings. The Labute approximate surface area is 193 Å². The summed E-state index contributed by atoms with van der Waals surface area (Å²) in [5, 5.41) is 3.20. The van der Waals surface area contributed by atoms with Gasteiger partial charge in [-0.3, -0.25) is 9.59 Å². The Morgan fingerprint density at radius 3 is 2.53 bits per heavy atom. The van der Waals surface area contributed by atoms with E-state index in [0.717, 1.165) is 17.4 Å². The van der Waals surface area contributed by atoms with Crippen LogP contribution < -0.4 is 5.32 Å². The molecule has 0 saturated carbocycles. The molecule has 0 unspecified atom stereocenters. The van der Waals surface area contributed by atoms with Gasteiger partial charge in [0.15, 0.2) is 0 Å². The fourth-order valence-electron chi connectivity index (χ4n) is 3.72.